The third-order valence-electron chi connectivity index (χ3n) is 17.4. The van der Waals surface area contributed by atoms with E-state index in [1.54, 1.807) is 0 Å². The predicted octanol–water partition coefficient (Wildman–Crippen LogP) is 20.9. The number of furan rings is 2. The fourth-order valence-electron chi connectivity index (χ4n) is 13.5. The number of fused-ring (bicyclic) bond motifs is 16. The van der Waals surface area contributed by atoms with Gasteiger partial charge in [0.1, 0.15) is 22.3 Å². The molecule has 0 fully saturated rings. The van der Waals surface area contributed by atoms with E-state index < -0.39 is 0 Å². The minimum atomic E-state index is -0.355. The Morgan fingerprint density at radius 3 is 1.27 bits per heavy atom. The molecule has 2 aliphatic carbocycles. The molecule has 14 aromatic rings. The van der Waals surface area contributed by atoms with Crippen molar-refractivity contribution in [3.8, 4) is 55.6 Å². The Labute approximate surface area is 446 Å². The SMILES string of the molecule is CC1(C)c2cc(N(c3ccc4c(c3)C(C)(C)c3cc(-c5ccc6ccccc6c5)c5oc6ccccc6c5c3-4)c3ccccc3-c3ccccc3)ccc2-c2c1cc(-c1ccc3ccccc3c1)c1oc3ccccc3c21. The number of nitrogens with zero attached hydrogens (tertiary/aromatic N) is 1. The Morgan fingerprint density at radius 2 is 0.753 bits per heavy atom. The van der Waals surface area contributed by atoms with Gasteiger partial charge in [0.15, 0.2) is 0 Å². The van der Waals surface area contributed by atoms with Crippen molar-refractivity contribution in [2.75, 3.05) is 4.90 Å². The molecule has 2 heterocycles. The molecule has 0 spiro atoms. The molecule has 2 aliphatic rings. The maximum atomic E-state index is 6.94. The highest BCUT2D eigenvalue weighted by atomic mass is 16.3. The van der Waals surface area contributed by atoms with Gasteiger partial charge in [-0.1, -0.05) is 198 Å². The maximum absolute atomic E-state index is 6.94. The van der Waals surface area contributed by atoms with Gasteiger partial charge >= 0.3 is 0 Å². The third-order valence-corrected chi connectivity index (χ3v) is 17.4. The zero-order valence-corrected chi connectivity index (χ0v) is 43.3. The van der Waals surface area contributed by atoms with Gasteiger partial charge in [-0.15, -0.1) is 0 Å². The standard InChI is InChI=1S/C74H51NO2/c1-73(2)60-40-51(34-36-54(60)67-62(73)42-58(49-32-30-44-18-8-10-22-47(44)38-49)71-69(67)56-25-13-16-28-65(56)76-71)75(64-27-15-12-24-53(64)46-20-6-5-7-21-46)52-35-37-55-61(41-52)74(3,4)63-43-59(50-33-31-45-19-9-11-23-48(45)39-50)72-70(68(55)63)57-26-14-17-29-66(57)77-72/h5-43H,1-4H3. The molecule has 0 saturated heterocycles. The van der Waals surface area contributed by atoms with Crippen molar-refractivity contribution in [3.63, 3.8) is 0 Å². The lowest BCUT2D eigenvalue weighted by molar-refractivity contribution is 0.657. The average molecular weight is 986 g/mol. The van der Waals surface area contributed by atoms with E-state index in [9.17, 15) is 0 Å². The van der Waals surface area contributed by atoms with E-state index >= 15 is 0 Å². The largest absolute Gasteiger partial charge is 0.455 e. The van der Waals surface area contributed by atoms with Crippen LogP contribution in [-0.4, -0.2) is 0 Å². The molecule has 0 radical (unpaired) electrons. The van der Waals surface area contributed by atoms with Crippen LogP contribution in [0, 0.1) is 0 Å². The molecule has 364 valence electrons. The summed E-state index contributed by atoms with van der Waals surface area (Å²) in [6, 6.07) is 87.0. The van der Waals surface area contributed by atoms with Gasteiger partial charge in [0.25, 0.3) is 0 Å². The summed E-state index contributed by atoms with van der Waals surface area (Å²) >= 11 is 0. The summed E-state index contributed by atoms with van der Waals surface area (Å²) in [4.78, 5) is 2.51. The van der Waals surface area contributed by atoms with E-state index in [2.05, 4.69) is 269 Å². The molecule has 0 amide bonds. The number of para-hydroxylation sites is 3. The van der Waals surface area contributed by atoms with Gasteiger partial charge in [-0.3, -0.25) is 0 Å². The lowest BCUT2D eigenvalue weighted by Gasteiger charge is -2.31. The molecular formula is C74H51NO2. The van der Waals surface area contributed by atoms with Crippen molar-refractivity contribution in [3.05, 3.63) is 259 Å². The quantitative estimate of drug-likeness (QED) is 0.166. The van der Waals surface area contributed by atoms with Crippen LogP contribution in [-0.2, 0) is 10.8 Å². The molecule has 2 aromatic heterocycles. The number of rotatable bonds is 6. The van der Waals surface area contributed by atoms with Crippen molar-refractivity contribution in [1.82, 2.24) is 0 Å². The summed E-state index contributed by atoms with van der Waals surface area (Å²) in [6.07, 6.45) is 0. The number of anilines is 3. The van der Waals surface area contributed by atoms with Crippen molar-refractivity contribution in [2.45, 2.75) is 38.5 Å². The molecule has 77 heavy (non-hydrogen) atoms. The molecule has 16 rings (SSSR count). The first-order valence-corrected chi connectivity index (χ1v) is 26.9. The molecule has 0 unspecified atom stereocenters. The molecule has 0 atom stereocenters. The Kier molecular flexibility index (Phi) is 9.15. The summed E-state index contributed by atoms with van der Waals surface area (Å²) in [5, 5.41) is 9.51. The fourth-order valence-corrected chi connectivity index (χ4v) is 13.5. The number of hydrogen-bond acceptors (Lipinski definition) is 3. The van der Waals surface area contributed by atoms with Crippen molar-refractivity contribution in [1.29, 1.82) is 0 Å². The summed E-state index contributed by atoms with van der Waals surface area (Å²) in [5.74, 6) is 0. The first-order valence-electron chi connectivity index (χ1n) is 26.9. The van der Waals surface area contributed by atoms with Gasteiger partial charge in [0.05, 0.1) is 5.69 Å². The topological polar surface area (TPSA) is 29.5 Å². The zero-order valence-electron chi connectivity index (χ0n) is 43.3. The van der Waals surface area contributed by atoms with Crippen molar-refractivity contribution < 1.29 is 8.83 Å². The van der Waals surface area contributed by atoms with E-state index in [0.29, 0.717) is 0 Å². The summed E-state index contributed by atoms with van der Waals surface area (Å²) < 4.78 is 13.9. The van der Waals surface area contributed by atoms with Crippen LogP contribution in [0.25, 0.3) is 121 Å². The summed E-state index contributed by atoms with van der Waals surface area (Å²) in [7, 11) is 0. The highest BCUT2D eigenvalue weighted by molar-refractivity contribution is 6.20. The van der Waals surface area contributed by atoms with Crippen LogP contribution in [0.3, 0.4) is 0 Å². The second kappa shape index (κ2) is 16.0. The molecule has 0 bridgehead atoms. The van der Waals surface area contributed by atoms with Gasteiger partial charge in [0, 0.05) is 60.4 Å². The zero-order chi connectivity index (χ0) is 51.3. The minimum Gasteiger partial charge on any atom is -0.455 e. The molecule has 0 saturated carbocycles. The van der Waals surface area contributed by atoms with E-state index in [-0.39, 0.29) is 10.8 Å². The first-order chi connectivity index (χ1) is 37.7. The second-order valence-electron chi connectivity index (χ2n) is 22.4. The average Bonchev–Trinajstić information content (AvgIpc) is 4.08. The number of benzene rings is 12. The Hall–Kier alpha value is -9.44. The second-order valence-corrected chi connectivity index (χ2v) is 22.4. The van der Waals surface area contributed by atoms with Crippen LogP contribution in [0.4, 0.5) is 17.1 Å². The monoisotopic (exact) mass is 985 g/mol. The summed E-state index contributed by atoms with van der Waals surface area (Å²) in [5.41, 5.74) is 23.3. The van der Waals surface area contributed by atoms with Crippen LogP contribution < -0.4 is 4.90 Å². The van der Waals surface area contributed by atoms with Crippen LogP contribution in [0.5, 0.6) is 0 Å². The Morgan fingerprint density at radius 1 is 0.312 bits per heavy atom. The molecule has 0 aliphatic heterocycles. The van der Waals surface area contributed by atoms with E-state index in [1.165, 1.54) is 82.4 Å². The molecule has 0 N–H and O–H groups in total. The first kappa shape index (κ1) is 43.9. The lowest BCUT2D eigenvalue weighted by Crippen LogP contribution is -2.18. The Balaban J connectivity index is 0.906. The minimum absolute atomic E-state index is 0.355. The van der Waals surface area contributed by atoms with Gasteiger partial charge in [-0.05, 0) is 149 Å². The van der Waals surface area contributed by atoms with Gasteiger partial charge in [0.2, 0.25) is 0 Å². The van der Waals surface area contributed by atoms with E-state index in [1.807, 2.05) is 0 Å². The van der Waals surface area contributed by atoms with Gasteiger partial charge in [-0.25, -0.2) is 0 Å². The van der Waals surface area contributed by atoms with Crippen LogP contribution in [0.1, 0.15) is 49.9 Å². The fraction of sp³-hybridized carbons (Fsp3) is 0.0811. The third kappa shape index (κ3) is 6.32. The smallest absolute Gasteiger partial charge is 0.143 e. The summed E-state index contributed by atoms with van der Waals surface area (Å²) in [6.45, 7) is 9.63. The highest BCUT2D eigenvalue weighted by Crippen LogP contribution is 2.59. The van der Waals surface area contributed by atoms with Crippen LogP contribution >= 0.6 is 0 Å². The van der Waals surface area contributed by atoms with E-state index in [0.717, 1.165) is 78.0 Å². The molecule has 12 aromatic carbocycles. The lowest BCUT2D eigenvalue weighted by atomic mass is 9.80. The molecule has 3 heteroatoms. The maximum Gasteiger partial charge on any atom is 0.143 e. The number of hydrogen-bond donors (Lipinski definition) is 0. The van der Waals surface area contributed by atoms with Gasteiger partial charge < -0.3 is 13.7 Å². The van der Waals surface area contributed by atoms with E-state index in [4.69, 9.17) is 8.83 Å². The highest BCUT2D eigenvalue weighted by Gasteiger charge is 2.42. The molecular weight excluding hydrogens is 935 g/mol. The Bertz CT molecular complexity index is 4550. The van der Waals surface area contributed by atoms with Crippen LogP contribution in [0.15, 0.2) is 245 Å². The predicted molar refractivity (Wildman–Crippen MR) is 322 cm³/mol. The van der Waals surface area contributed by atoms with Gasteiger partial charge in [-0.2, -0.15) is 0 Å². The van der Waals surface area contributed by atoms with Crippen molar-refractivity contribution >= 4 is 82.5 Å². The normalized spacial score (nSPS) is 13.9. The molecule has 3 nitrogen and oxygen atoms in total. The van der Waals surface area contributed by atoms with Crippen molar-refractivity contribution in [2.24, 2.45) is 0 Å². The van der Waals surface area contributed by atoms with Crippen LogP contribution in [0.2, 0.25) is 0 Å².